The average molecular weight is 259 g/mol. The Kier molecular flexibility index (Phi) is 2.54. The van der Waals surface area contributed by atoms with Crippen LogP contribution in [0.2, 0.25) is 0 Å². The van der Waals surface area contributed by atoms with Gasteiger partial charge in [-0.1, -0.05) is 5.21 Å². The van der Waals surface area contributed by atoms with Crippen LogP contribution in [0.1, 0.15) is 55.4 Å². The molecule has 1 aromatic rings. The molecule has 4 saturated carbocycles. The zero-order valence-corrected chi connectivity index (χ0v) is 11.3. The Hall–Kier alpha value is -1.19. The van der Waals surface area contributed by atoms with E-state index < -0.39 is 0 Å². The molecule has 0 saturated heterocycles. The Morgan fingerprint density at radius 2 is 1.84 bits per heavy atom. The average Bonchev–Trinajstić information content (AvgIpc) is 2.83. The highest BCUT2D eigenvalue weighted by Gasteiger charge is 2.50. The van der Waals surface area contributed by atoms with Gasteiger partial charge in [-0.3, -0.25) is 9.48 Å². The van der Waals surface area contributed by atoms with Gasteiger partial charge in [0.05, 0.1) is 6.20 Å². The van der Waals surface area contributed by atoms with Crippen LogP contribution in [0.25, 0.3) is 0 Å². The third-order valence-corrected chi connectivity index (χ3v) is 5.71. The Bertz CT molecular complexity index is 458. The van der Waals surface area contributed by atoms with Crippen molar-refractivity contribution in [1.29, 1.82) is 0 Å². The van der Waals surface area contributed by atoms with Crippen molar-refractivity contribution in [1.82, 2.24) is 15.0 Å². The van der Waals surface area contributed by atoms with Gasteiger partial charge in [0, 0.05) is 6.54 Å². The fourth-order valence-corrected chi connectivity index (χ4v) is 5.42. The highest BCUT2D eigenvalue weighted by atomic mass is 16.1. The Balaban J connectivity index is 1.46. The summed E-state index contributed by atoms with van der Waals surface area (Å²) in [7, 11) is 0. The first kappa shape index (κ1) is 11.6. The second-order valence-corrected chi connectivity index (χ2v) is 7.19. The van der Waals surface area contributed by atoms with E-state index in [1.165, 1.54) is 44.9 Å². The van der Waals surface area contributed by atoms with Crippen LogP contribution in [-0.2, 0) is 6.54 Å². The summed E-state index contributed by atoms with van der Waals surface area (Å²) < 4.78 is 1.85. The first-order chi connectivity index (χ1) is 9.25. The molecular weight excluding hydrogens is 238 g/mol. The summed E-state index contributed by atoms with van der Waals surface area (Å²) >= 11 is 0. The molecule has 102 valence electrons. The van der Waals surface area contributed by atoms with E-state index in [4.69, 9.17) is 0 Å². The molecule has 0 unspecified atom stereocenters. The van der Waals surface area contributed by atoms with Crippen LogP contribution in [0.5, 0.6) is 0 Å². The molecule has 0 radical (unpaired) electrons. The van der Waals surface area contributed by atoms with E-state index in [1.54, 1.807) is 6.20 Å². The quantitative estimate of drug-likeness (QED) is 0.781. The normalized spacial score (nSPS) is 39.7. The largest absolute Gasteiger partial charge is 0.296 e. The first-order valence-electron chi connectivity index (χ1n) is 7.60. The van der Waals surface area contributed by atoms with Crippen LogP contribution in [0.4, 0.5) is 0 Å². The fraction of sp³-hybridized carbons (Fsp3) is 0.800. The predicted octanol–water partition coefficient (Wildman–Crippen LogP) is 2.70. The van der Waals surface area contributed by atoms with E-state index in [1.807, 2.05) is 4.68 Å². The molecule has 0 N–H and O–H groups in total. The molecule has 5 rings (SSSR count). The van der Waals surface area contributed by atoms with Gasteiger partial charge < -0.3 is 0 Å². The van der Waals surface area contributed by atoms with Crippen LogP contribution < -0.4 is 0 Å². The minimum absolute atomic E-state index is 0.450. The maximum absolute atomic E-state index is 10.6. The van der Waals surface area contributed by atoms with Crippen molar-refractivity contribution >= 4 is 6.29 Å². The van der Waals surface area contributed by atoms with Crippen molar-refractivity contribution in [2.24, 2.45) is 23.2 Å². The molecule has 4 bridgehead atoms. The van der Waals surface area contributed by atoms with E-state index in [9.17, 15) is 4.79 Å². The molecule has 4 fully saturated rings. The summed E-state index contributed by atoms with van der Waals surface area (Å²) in [5.74, 6) is 3.02. The Morgan fingerprint density at radius 1 is 1.21 bits per heavy atom. The number of nitrogens with zero attached hydrogens (tertiary/aromatic N) is 3. The van der Waals surface area contributed by atoms with E-state index in [0.29, 0.717) is 11.1 Å². The molecular formula is C15H21N3O. The topological polar surface area (TPSA) is 47.8 Å². The lowest BCUT2D eigenvalue weighted by Crippen LogP contribution is -2.46. The third kappa shape index (κ3) is 2.01. The zero-order valence-electron chi connectivity index (χ0n) is 11.3. The lowest BCUT2D eigenvalue weighted by Gasteiger charge is -2.57. The lowest BCUT2D eigenvalue weighted by atomic mass is 9.49. The number of hydrogen-bond donors (Lipinski definition) is 0. The van der Waals surface area contributed by atoms with E-state index in [-0.39, 0.29) is 0 Å². The number of carbonyl (C=O) groups excluding carboxylic acids is 1. The smallest absolute Gasteiger partial charge is 0.171 e. The minimum Gasteiger partial charge on any atom is -0.296 e. The van der Waals surface area contributed by atoms with Crippen molar-refractivity contribution in [3.63, 3.8) is 0 Å². The van der Waals surface area contributed by atoms with Crippen LogP contribution >= 0.6 is 0 Å². The first-order valence-corrected chi connectivity index (χ1v) is 7.60. The summed E-state index contributed by atoms with van der Waals surface area (Å²) in [5, 5.41) is 7.88. The van der Waals surface area contributed by atoms with Gasteiger partial charge in [-0.25, -0.2) is 0 Å². The summed E-state index contributed by atoms with van der Waals surface area (Å²) in [6, 6.07) is 0. The van der Waals surface area contributed by atoms with Gasteiger partial charge in [0.2, 0.25) is 0 Å². The van der Waals surface area contributed by atoms with Gasteiger partial charge in [-0.05, 0) is 68.1 Å². The summed E-state index contributed by atoms with van der Waals surface area (Å²) in [5.41, 5.74) is 1.03. The molecule has 4 nitrogen and oxygen atoms in total. The summed E-state index contributed by atoms with van der Waals surface area (Å²) in [4.78, 5) is 10.6. The standard InChI is InChI=1S/C15H21N3O/c19-10-14-9-18(17-16-14)2-1-15-6-11-3-12(7-15)5-13(4-11)8-15/h9-13H,1-8H2. The van der Waals surface area contributed by atoms with Gasteiger partial charge in [0.15, 0.2) is 6.29 Å². The number of rotatable bonds is 4. The van der Waals surface area contributed by atoms with Crippen LogP contribution in [-0.4, -0.2) is 21.3 Å². The highest BCUT2D eigenvalue weighted by molar-refractivity contribution is 5.70. The van der Waals surface area contributed by atoms with Gasteiger partial charge in [0.25, 0.3) is 0 Å². The van der Waals surface area contributed by atoms with E-state index in [0.717, 1.165) is 30.6 Å². The maximum atomic E-state index is 10.6. The molecule has 4 heteroatoms. The summed E-state index contributed by atoms with van der Waals surface area (Å²) in [6.45, 7) is 0.924. The van der Waals surface area contributed by atoms with Crippen molar-refractivity contribution in [3.8, 4) is 0 Å². The summed E-state index contributed by atoms with van der Waals surface area (Å²) in [6.07, 6.45) is 12.6. The van der Waals surface area contributed by atoms with Crippen molar-refractivity contribution in [3.05, 3.63) is 11.9 Å². The maximum Gasteiger partial charge on any atom is 0.171 e. The van der Waals surface area contributed by atoms with Gasteiger partial charge in [0.1, 0.15) is 5.69 Å². The molecule has 4 aliphatic rings. The van der Waals surface area contributed by atoms with Crippen LogP contribution in [0, 0.1) is 23.2 Å². The predicted molar refractivity (Wildman–Crippen MR) is 70.6 cm³/mol. The zero-order chi connectivity index (χ0) is 12.9. The molecule has 1 aromatic heterocycles. The van der Waals surface area contributed by atoms with E-state index >= 15 is 0 Å². The number of hydrogen-bond acceptors (Lipinski definition) is 3. The SMILES string of the molecule is O=Cc1cn(CCC23CC4CC(CC(C4)C2)C3)nn1. The van der Waals surface area contributed by atoms with Crippen LogP contribution in [0.15, 0.2) is 6.20 Å². The molecule has 0 aromatic carbocycles. The molecule has 0 aliphatic heterocycles. The fourth-order valence-electron chi connectivity index (χ4n) is 5.42. The molecule has 4 aliphatic carbocycles. The number of aryl methyl sites for hydroxylation is 1. The van der Waals surface area contributed by atoms with Gasteiger partial charge >= 0.3 is 0 Å². The molecule has 0 spiro atoms. The lowest BCUT2D eigenvalue weighted by molar-refractivity contribution is -0.0596. The monoisotopic (exact) mass is 259 g/mol. The second kappa shape index (κ2) is 4.15. The number of aromatic nitrogens is 3. The van der Waals surface area contributed by atoms with E-state index in [2.05, 4.69) is 10.3 Å². The third-order valence-electron chi connectivity index (χ3n) is 5.71. The van der Waals surface area contributed by atoms with Gasteiger partial charge in [-0.15, -0.1) is 5.10 Å². The highest BCUT2D eigenvalue weighted by Crippen LogP contribution is 2.61. The number of carbonyl (C=O) groups is 1. The van der Waals surface area contributed by atoms with Crippen molar-refractivity contribution in [2.45, 2.75) is 51.5 Å². The van der Waals surface area contributed by atoms with Crippen molar-refractivity contribution < 1.29 is 4.79 Å². The minimum atomic E-state index is 0.450. The van der Waals surface area contributed by atoms with Gasteiger partial charge in [-0.2, -0.15) is 0 Å². The molecule has 0 atom stereocenters. The molecule has 1 heterocycles. The van der Waals surface area contributed by atoms with Crippen molar-refractivity contribution in [2.75, 3.05) is 0 Å². The molecule has 0 amide bonds. The molecule has 19 heavy (non-hydrogen) atoms. The number of aldehydes is 1. The second-order valence-electron chi connectivity index (χ2n) is 7.19. The van der Waals surface area contributed by atoms with Crippen LogP contribution in [0.3, 0.4) is 0 Å². The Labute approximate surface area is 113 Å². The Morgan fingerprint density at radius 3 is 2.37 bits per heavy atom.